The van der Waals surface area contributed by atoms with E-state index in [0.717, 1.165) is 4.73 Å². The Bertz CT molecular complexity index is 308. The van der Waals surface area contributed by atoms with Crippen LogP contribution in [0.1, 0.15) is 5.69 Å². The predicted molar refractivity (Wildman–Crippen MR) is 49.0 cm³/mol. The Morgan fingerprint density at radius 1 is 1.58 bits per heavy atom. The molecule has 0 spiro atoms. The van der Waals surface area contributed by atoms with Crippen LogP contribution >= 0.6 is 12.2 Å². The average molecular weight is 180 g/mol. The Morgan fingerprint density at radius 3 is 3.08 bits per heavy atom. The monoisotopic (exact) mass is 180 g/mol. The van der Waals surface area contributed by atoms with Crippen LogP contribution in [-0.2, 0) is 6.42 Å². The standard InChI is InChI=1S/C8H8N2OS/c11-10-6-2-1-3-8(10)4-5-9-7-12/h1-3,6H,4-5H2. The van der Waals surface area contributed by atoms with Crippen molar-refractivity contribution in [3.63, 3.8) is 0 Å². The third-order valence-corrected chi connectivity index (χ3v) is 1.58. The second-order valence-corrected chi connectivity index (χ2v) is 2.42. The van der Waals surface area contributed by atoms with Crippen molar-refractivity contribution in [1.82, 2.24) is 0 Å². The number of aliphatic imine (C=N–C) groups is 1. The molecule has 62 valence electrons. The predicted octanol–water partition coefficient (Wildman–Crippen LogP) is 0.965. The van der Waals surface area contributed by atoms with Crippen LogP contribution in [0.25, 0.3) is 0 Å². The van der Waals surface area contributed by atoms with Gasteiger partial charge in [-0.25, -0.2) is 4.99 Å². The first kappa shape index (κ1) is 8.84. The zero-order valence-corrected chi connectivity index (χ0v) is 7.25. The van der Waals surface area contributed by atoms with E-state index in [-0.39, 0.29) is 0 Å². The number of hydrogen-bond donors (Lipinski definition) is 0. The van der Waals surface area contributed by atoms with Gasteiger partial charge in [0.05, 0.1) is 18.1 Å². The molecule has 0 saturated carbocycles. The van der Waals surface area contributed by atoms with E-state index in [9.17, 15) is 5.21 Å². The zero-order valence-electron chi connectivity index (χ0n) is 6.43. The maximum atomic E-state index is 11.0. The first-order chi connectivity index (χ1) is 5.84. The third-order valence-electron chi connectivity index (χ3n) is 1.45. The largest absolute Gasteiger partial charge is 0.619 e. The number of rotatable bonds is 3. The fourth-order valence-corrected chi connectivity index (χ4v) is 0.965. The average Bonchev–Trinajstić information content (AvgIpc) is 2.09. The van der Waals surface area contributed by atoms with Gasteiger partial charge in [0, 0.05) is 12.1 Å². The minimum absolute atomic E-state index is 0.524. The number of isothiocyanates is 1. The van der Waals surface area contributed by atoms with Gasteiger partial charge in [0.15, 0.2) is 11.9 Å². The fourth-order valence-electron chi connectivity index (χ4n) is 0.873. The molecular formula is C8H8N2OS. The van der Waals surface area contributed by atoms with Crippen LogP contribution in [0, 0.1) is 5.21 Å². The molecule has 0 aliphatic heterocycles. The summed E-state index contributed by atoms with van der Waals surface area (Å²) in [5.74, 6) is 0. The molecule has 12 heavy (non-hydrogen) atoms. The van der Waals surface area contributed by atoms with Gasteiger partial charge in [-0.2, -0.15) is 4.73 Å². The molecule has 0 N–H and O–H groups in total. The van der Waals surface area contributed by atoms with E-state index in [1.165, 1.54) is 6.20 Å². The topological polar surface area (TPSA) is 39.3 Å². The lowest BCUT2D eigenvalue weighted by Crippen LogP contribution is -2.31. The Kier molecular flexibility index (Phi) is 3.38. The molecule has 0 fully saturated rings. The van der Waals surface area contributed by atoms with Crippen LogP contribution < -0.4 is 4.73 Å². The van der Waals surface area contributed by atoms with Gasteiger partial charge < -0.3 is 5.21 Å². The summed E-state index contributed by atoms with van der Waals surface area (Å²) in [7, 11) is 0. The van der Waals surface area contributed by atoms with E-state index < -0.39 is 0 Å². The molecule has 1 heterocycles. The van der Waals surface area contributed by atoms with Crippen molar-refractivity contribution in [2.45, 2.75) is 6.42 Å². The molecule has 4 heteroatoms. The molecule has 0 bridgehead atoms. The summed E-state index contributed by atoms with van der Waals surface area (Å²) >= 11 is 4.40. The SMILES string of the molecule is [O-][n+]1ccccc1CCN=C=S. The highest BCUT2D eigenvalue weighted by molar-refractivity contribution is 7.78. The second-order valence-electron chi connectivity index (χ2n) is 2.24. The van der Waals surface area contributed by atoms with E-state index >= 15 is 0 Å². The van der Waals surface area contributed by atoms with Crippen LogP contribution in [0.2, 0.25) is 0 Å². The van der Waals surface area contributed by atoms with Crippen molar-refractivity contribution in [2.24, 2.45) is 4.99 Å². The van der Waals surface area contributed by atoms with Crippen LogP contribution in [0.15, 0.2) is 29.4 Å². The maximum absolute atomic E-state index is 11.0. The number of aromatic nitrogens is 1. The summed E-state index contributed by atoms with van der Waals surface area (Å²) in [6.45, 7) is 0.524. The molecule has 0 aliphatic rings. The Morgan fingerprint density at radius 2 is 2.42 bits per heavy atom. The van der Waals surface area contributed by atoms with Crippen molar-refractivity contribution >= 4 is 17.4 Å². The fraction of sp³-hybridized carbons (Fsp3) is 0.250. The molecule has 1 rings (SSSR count). The molecule has 0 atom stereocenters. The summed E-state index contributed by atoms with van der Waals surface area (Å²) in [5, 5.41) is 13.3. The van der Waals surface area contributed by atoms with Gasteiger partial charge in [-0.1, -0.05) is 6.07 Å². The highest BCUT2D eigenvalue weighted by Gasteiger charge is 2.00. The van der Waals surface area contributed by atoms with Gasteiger partial charge in [0.1, 0.15) is 0 Å². The van der Waals surface area contributed by atoms with Gasteiger partial charge >= 0.3 is 0 Å². The van der Waals surface area contributed by atoms with Crippen LogP contribution in [0.4, 0.5) is 0 Å². The first-order valence-electron chi connectivity index (χ1n) is 3.55. The van der Waals surface area contributed by atoms with Gasteiger partial charge in [-0.05, 0) is 12.2 Å². The lowest BCUT2D eigenvalue weighted by Gasteiger charge is -2.00. The Balaban J connectivity index is 2.62. The highest BCUT2D eigenvalue weighted by Crippen LogP contribution is 1.91. The van der Waals surface area contributed by atoms with Crippen molar-refractivity contribution in [3.8, 4) is 0 Å². The van der Waals surface area contributed by atoms with Gasteiger partial charge in [0.25, 0.3) is 0 Å². The molecule has 0 saturated heterocycles. The molecule has 1 aromatic heterocycles. The van der Waals surface area contributed by atoms with E-state index in [0.29, 0.717) is 18.7 Å². The Hall–Kier alpha value is -1.25. The second kappa shape index (κ2) is 4.59. The lowest BCUT2D eigenvalue weighted by molar-refractivity contribution is -0.613. The lowest BCUT2D eigenvalue weighted by atomic mass is 10.3. The number of thiocarbonyl (C=S) groups is 1. The zero-order chi connectivity index (χ0) is 8.81. The molecule has 1 aromatic rings. The van der Waals surface area contributed by atoms with E-state index in [2.05, 4.69) is 22.4 Å². The van der Waals surface area contributed by atoms with Crippen LogP contribution in [0.3, 0.4) is 0 Å². The minimum Gasteiger partial charge on any atom is -0.619 e. The van der Waals surface area contributed by atoms with E-state index in [1.807, 2.05) is 6.07 Å². The molecule has 0 amide bonds. The normalized spacial score (nSPS) is 9.00. The van der Waals surface area contributed by atoms with Crippen LogP contribution in [0.5, 0.6) is 0 Å². The number of pyridine rings is 1. The van der Waals surface area contributed by atoms with E-state index in [1.54, 1.807) is 12.1 Å². The summed E-state index contributed by atoms with van der Waals surface area (Å²) < 4.78 is 0.832. The summed E-state index contributed by atoms with van der Waals surface area (Å²) in [4.78, 5) is 3.72. The molecule has 0 aromatic carbocycles. The smallest absolute Gasteiger partial charge is 0.194 e. The van der Waals surface area contributed by atoms with Crippen LogP contribution in [-0.4, -0.2) is 11.7 Å². The van der Waals surface area contributed by atoms with Gasteiger partial charge in [0.2, 0.25) is 0 Å². The van der Waals surface area contributed by atoms with Crippen molar-refractivity contribution in [1.29, 1.82) is 0 Å². The third kappa shape index (κ3) is 2.42. The summed E-state index contributed by atoms with van der Waals surface area (Å²) in [5.41, 5.74) is 0.700. The molecule has 3 nitrogen and oxygen atoms in total. The first-order valence-corrected chi connectivity index (χ1v) is 3.96. The summed E-state index contributed by atoms with van der Waals surface area (Å²) in [6, 6.07) is 5.29. The highest BCUT2D eigenvalue weighted by atomic mass is 32.1. The van der Waals surface area contributed by atoms with Crippen molar-refractivity contribution in [2.75, 3.05) is 6.54 Å². The van der Waals surface area contributed by atoms with Crippen molar-refractivity contribution < 1.29 is 4.73 Å². The van der Waals surface area contributed by atoms with Gasteiger partial charge in [-0.3, -0.25) is 0 Å². The quantitative estimate of drug-likeness (QED) is 0.301. The van der Waals surface area contributed by atoms with E-state index in [4.69, 9.17) is 0 Å². The molecule has 0 aliphatic carbocycles. The minimum atomic E-state index is 0.524. The van der Waals surface area contributed by atoms with Crippen molar-refractivity contribution in [3.05, 3.63) is 35.3 Å². The Labute approximate surface area is 76.0 Å². The number of nitrogens with zero attached hydrogens (tertiary/aromatic N) is 2. The van der Waals surface area contributed by atoms with Gasteiger partial charge in [-0.15, -0.1) is 0 Å². The summed E-state index contributed by atoms with van der Waals surface area (Å²) in [6.07, 6.45) is 2.07. The molecular weight excluding hydrogens is 172 g/mol. The maximum Gasteiger partial charge on any atom is 0.194 e. The molecule has 0 unspecified atom stereocenters. The molecule has 0 radical (unpaired) electrons. The number of hydrogen-bond acceptors (Lipinski definition) is 3.